The number of para-hydroxylation sites is 1. The molecule has 0 unspecified atom stereocenters. The van der Waals surface area contributed by atoms with Gasteiger partial charge in [0.2, 0.25) is 0 Å². The van der Waals surface area contributed by atoms with Gasteiger partial charge in [0, 0.05) is 11.6 Å². The van der Waals surface area contributed by atoms with Gasteiger partial charge in [-0.1, -0.05) is 40.6 Å². The molecule has 1 aromatic heterocycles. The second-order valence-electron chi connectivity index (χ2n) is 7.76. The van der Waals surface area contributed by atoms with Crippen molar-refractivity contribution < 1.29 is 9.53 Å². The van der Waals surface area contributed by atoms with Crippen molar-refractivity contribution >= 4 is 55.8 Å². The lowest BCUT2D eigenvalue weighted by Gasteiger charge is -2.31. The molecule has 0 aliphatic heterocycles. The lowest BCUT2D eigenvalue weighted by Crippen LogP contribution is -2.49. The van der Waals surface area contributed by atoms with Crippen molar-refractivity contribution in [2.24, 2.45) is 0 Å². The van der Waals surface area contributed by atoms with Gasteiger partial charge in [-0.2, -0.15) is 0 Å². The van der Waals surface area contributed by atoms with Gasteiger partial charge < -0.3 is 9.64 Å². The summed E-state index contributed by atoms with van der Waals surface area (Å²) < 4.78 is 6.98. The van der Waals surface area contributed by atoms with Crippen molar-refractivity contribution in [2.45, 2.75) is 25.9 Å². The van der Waals surface area contributed by atoms with Crippen LogP contribution in [0.2, 0.25) is 10.0 Å². The Morgan fingerprint density at radius 2 is 1.80 bits per heavy atom. The predicted molar refractivity (Wildman–Crippen MR) is 126 cm³/mol. The maximum absolute atomic E-state index is 13.6. The molecule has 0 fully saturated rings. The number of carbonyl (C=O) groups excluding carboxylic acids is 1. The third kappa shape index (κ3) is 5.43. The van der Waals surface area contributed by atoms with Crippen molar-refractivity contribution in [3.8, 4) is 5.75 Å². The van der Waals surface area contributed by atoms with Gasteiger partial charge in [-0.05, 0) is 77.3 Å². The molecule has 0 radical (unpaired) electrons. The van der Waals surface area contributed by atoms with Gasteiger partial charge in [-0.25, -0.2) is 4.98 Å². The van der Waals surface area contributed by atoms with Gasteiger partial charge >= 0.3 is 0 Å². The number of thiazole rings is 1. The maximum Gasteiger partial charge on any atom is 0.272 e. The summed E-state index contributed by atoms with van der Waals surface area (Å²) >= 11 is 13.7. The van der Waals surface area contributed by atoms with Gasteiger partial charge in [0.25, 0.3) is 5.91 Å². The molecule has 8 heteroatoms. The van der Waals surface area contributed by atoms with Gasteiger partial charge in [-0.3, -0.25) is 9.69 Å². The molecule has 160 valence electrons. The average molecular weight is 466 g/mol. The third-order valence-electron chi connectivity index (χ3n) is 4.52. The second kappa shape index (κ2) is 9.52. The molecule has 1 amide bonds. The minimum atomic E-state index is -1.09. The summed E-state index contributed by atoms with van der Waals surface area (Å²) in [5.41, 5.74) is -0.380. The van der Waals surface area contributed by atoms with Crippen LogP contribution in [0, 0.1) is 0 Å². The monoisotopic (exact) mass is 465 g/mol. The van der Waals surface area contributed by atoms with Crippen LogP contribution in [0.1, 0.15) is 20.3 Å². The average Bonchev–Trinajstić information content (AvgIpc) is 3.11. The van der Waals surface area contributed by atoms with Crippen LogP contribution in [0.4, 0.5) is 5.13 Å². The first-order chi connectivity index (χ1) is 14.2. The zero-order valence-electron chi connectivity index (χ0n) is 17.5. The first-order valence-corrected chi connectivity index (χ1v) is 11.2. The Morgan fingerprint density at radius 1 is 1.10 bits per heavy atom. The number of amides is 1. The molecule has 0 aliphatic carbocycles. The van der Waals surface area contributed by atoms with E-state index < -0.39 is 5.60 Å². The number of aromatic nitrogens is 1. The molecule has 0 saturated heterocycles. The molecule has 0 spiro atoms. The topological polar surface area (TPSA) is 45.7 Å². The Morgan fingerprint density at radius 3 is 2.43 bits per heavy atom. The van der Waals surface area contributed by atoms with Crippen LogP contribution in [0.3, 0.4) is 0 Å². The molecule has 0 N–H and O–H groups in total. The summed E-state index contributed by atoms with van der Waals surface area (Å²) in [6, 6.07) is 12.6. The minimum absolute atomic E-state index is 0.161. The van der Waals surface area contributed by atoms with Gasteiger partial charge in [0.1, 0.15) is 11.3 Å². The Hall–Kier alpha value is -1.86. The first-order valence-electron chi connectivity index (χ1n) is 9.64. The summed E-state index contributed by atoms with van der Waals surface area (Å²) in [6.45, 7) is 4.92. The van der Waals surface area contributed by atoms with Crippen molar-refractivity contribution in [2.75, 3.05) is 32.1 Å². The van der Waals surface area contributed by atoms with E-state index in [1.54, 1.807) is 49.1 Å². The number of halogens is 2. The van der Waals surface area contributed by atoms with Gasteiger partial charge in [-0.15, -0.1) is 0 Å². The van der Waals surface area contributed by atoms with Crippen LogP contribution >= 0.6 is 34.5 Å². The molecule has 3 aromatic rings. The standard InChI is InChI=1S/C22H25Cl2N3O2S/c1-22(2,29-16-11-9-15(23)10-12-16)20(28)27(14-6-13-26(3)4)21-25-19-17(24)7-5-8-18(19)30-21/h5,7-12H,6,13-14H2,1-4H3. The normalized spacial score (nSPS) is 11.8. The van der Waals surface area contributed by atoms with E-state index in [1.807, 2.05) is 26.2 Å². The number of fused-ring (bicyclic) bond motifs is 1. The lowest BCUT2D eigenvalue weighted by molar-refractivity contribution is -0.131. The van der Waals surface area contributed by atoms with E-state index in [4.69, 9.17) is 27.9 Å². The summed E-state index contributed by atoms with van der Waals surface area (Å²) in [7, 11) is 4.02. The van der Waals surface area contributed by atoms with E-state index in [1.165, 1.54) is 11.3 Å². The SMILES string of the molecule is CN(C)CCCN(C(=O)C(C)(C)Oc1ccc(Cl)cc1)c1nc2c(Cl)cccc2s1. The first kappa shape index (κ1) is 22.8. The highest BCUT2D eigenvalue weighted by Gasteiger charge is 2.36. The molecule has 2 aromatic carbocycles. The van der Waals surface area contributed by atoms with Crippen LogP contribution in [0.15, 0.2) is 42.5 Å². The fraction of sp³-hybridized carbons (Fsp3) is 0.364. The van der Waals surface area contributed by atoms with E-state index in [2.05, 4.69) is 9.88 Å². The number of carbonyl (C=O) groups is 1. The molecule has 0 aliphatic rings. The van der Waals surface area contributed by atoms with E-state index in [0.29, 0.717) is 33.0 Å². The predicted octanol–water partition coefficient (Wildman–Crippen LogP) is 5.75. The summed E-state index contributed by atoms with van der Waals surface area (Å²) in [4.78, 5) is 22.0. The molecule has 1 heterocycles. The van der Waals surface area contributed by atoms with Crippen molar-refractivity contribution in [3.63, 3.8) is 0 Å². The van der Waals surface area contributed by atoms with E-state index in [0.717, 1.165) is 17.7 Å². The van der Waals surface area contributed by atoms with Crippen LogP contribution in [0.5, 0.6) is 5.75 Å². The third-order valence-corrected chi connectivity index (χ3v) is 6.12. The van der Waals surface area contributed by atoms with Crippen molar-refractivity contribution in [3.05, 3.63) is 52.5 Å². The summed E-state index contributed by atoms with van der Waals surface area (Å²) in [5.74, 6) is 0.421. The highest BCUT2D eigenvalue weighted by atomic mass is 35.5. The number of anilines is 1. The van der Waals surface area contributed by atoms with Crippen molar-refractivity contribution in [1.82, 2.24) is 9.88 Å². The second-order valence-corrected chi connectivity index (χ2v) is 9.62. The molecular weight excluding hydrogens is 441 g/mol. The zero-order chi connectivity index (χ0) is 21.9. The summed E-state index contributed by atoms with van der Waals surface area (Å²) in [6.07, 6.45) is 0.805. The van der Waals surface area contributed by atoms with E-state index in [9.17, 15) is 4.79 Å². The Kier molecular flexibility index (Phi) is 7.24. The zero-order valence-corrected chi connectivity index (χ0v) is 19.8. The number of nitrogens with zero attached hydrogens (tertiary/aromatic N) is 3. The van der Waals surface area contributed by atoms with E-state index >= 15 is 0 Å². The van der Waals surface area contributed by atoms with Crippen LogP contribution in [-0.4, -0.2) is 48.6 Å². The van der Waals surface area contributed by atoms with Crippen LogP contribution in [0.25, 0.3) is 10.2 Å². The van der Waals surface area contributed by atoms with Crippen LogP contribution < -0.4 is 9.64 Å². The summed E-state index contributed by atoms with van der Waals surface area (Å²) in [5, 5.41) is 1.81. The molecule has 3 rings (SSSR count). The van der Waals surface area contributed by atoms with Gasteiger partial charge in [0.05, 0.1) is 9.72 Å². The Bertz CT molecular complexity index is 1020. The lowest BCUT2D eigenvalue weighted by atomic mass is 10.1. The smallest absolute Gasteiger partial charge is 0.272 e. The number of ether oxygens (including phenoxy) is 1. The number of hydrogen-bond acceptors (Lipinski definition) is 5. The molecule has 0 bridgehead atoms. The highest BCUT2D eigenvalue weighted by Crippen LogP contribution is 2.34. The molecule has 0 saturated carbocycles. The fourth-order valence-corrected chi connectivity index (χ4v) is 4.43. The Labute approximate surface area is 191 Å². The van der Waals surface area contributed by atoms with E-state index in [-0.39, 0.29) is 5.91 Å². The molecule has 5 nitrogen and oxygen atoms in total. The Balaban J connectivity index is 1.90. The largest absolute Gasteiger partial charge is 0.478 e. The molecule has 0 atom stereocenters. The van der Waals surface area contributed by atoms with Crippen LogP contribution in [-0.2, 0) is 4.79 Å². The quantitative estimate of drug-likeness (QED) is 0.425. The highest BCUT2D eigenvalue weighted by molar-refractivity contribution is 7.22. The van der Waals surface area contributed by atoms with Gasteiger partial charge in [0.15, 0.2) is 10.7 Å². The number of rotatable bonds is 8. The maximum atomic E-state index is 13.6. The molecular formula is C22H25Cl2N3O2S. The molecule has 30 heavy (non-hydrogen) atoms. The number of benzene rings is 2. The fourth-order valence-electron chi connectivity index (χ4n) is 3.01. The minimum Gasteiger partial charge on any atom is -0.478 e. The number of hydrogen-bond donors (Lipinski definition) is 0. The van der Waals surface area contributed by atoms with Crippen molar-refractivity contribution in [1.29, 1.82) is 0 Å².